The fourth-order valence-corrected chi connectivity index (χ4v) is 4.26. The smallest absolute Gasteiger partial charge is 0.114 e. The fraction of sp³-hybridized carbons (Fsp3) is 0. The monoisotopic (exact) mass is 408 g/mol. The predicted molar refractivity (Wildman–Crippen MR) is 130 cm³/mol. The van der Waals surface area contributed by atoms with Crippen molar-refractivity contribution in [3.8, 4) is 28.5 Å². The molecular weight excluding hydrogens is 391 g/mol. The molecule has 6 aromatic rings. The van der Waals surface area contributed by atoms with Crippen molar-refractivity contribution in [3.05, 3.63) is 103 Å². The summed E-state index contributed by atoms with van der Waals surface area (Å²) in [6.45, 7) is 0. The number of fused-ring (bicyclic) bond motifs is 3. The van der Waals surface area contributed by atoms with Crippen molar-refractivity contribution in [1.29, 1.82) is 0 Å². The molecule has 0 aliphatic carbocycles. The summed E-state index contributed by atoms with van der Waals surface area (Å²) >= 11 is 0. The minimum Gasteiger partial charge on any atom is -0.309 e. The maximum absolute atomic E-state index is 6.41. The van der Waals surface area contributed by atoms with Crippen LogP contribution in [0.1, 0.15) is 0 Å². The first kappa shape index (κ1) is 18.5. The molecule has 0 saturated heterocycles. The molecule has 0 aliphatic rings. The molecule has 4 aromatic heterocycles. The largest absolute Gasteiger partial charge is 0.309 e. The van der Waals surface area contributed by atoms with Crippen LogP contribution in [-0.4, -0.2) is 27.4 Å². The Bertz CT molecular complexity index is 1520. The van der Waals surface area contributed by atoms with Crippen molar-refractivity contribution in [2.24, 2.45) is 0 Å². The molecule has 2 radical (unpaired) electrons. The Morgan fingerprint density at radius 3 is 1.88 bits per heavy atom. The van der Waals surface area contributed by atoms with Crippen LogP contribution in [0, 0.1) is 0 Å². The number of nitrogens with zero attached hydrogens (tertiary/aromatic N) is 4. The summed E-state index contributed by atoms with van der Waals surface area (Å²) in [4.78, 5) is 14.0. The molecule has 0 spiro atoms. The van der Waals surface area contributed by atoms with E-state index < -0.39 is 0 Å². The van der Waals surface area contributed by atoms with Crippen LogP contribution in [0.25, 0.3) is 50.3 Å². The van der Waals surface area contributed by atoms with Gasteiger partial charge >= 0.3 is 0 Å². The Hall–Kier alpha value is -4.25. The van der Waals surface area contributed by atoms with Gasteiger partial charge in [-0.2, -0.15) is 0 Å². The summed E-state index contributed by atoms with van der Waals surface area (Å²) in [5.74, 6) is 0. The molecule has 148 valence electrons. The second-order valence-electron chi connectivity index (χ2n) is 7.62. The van der Waals surface area contributed by atoms with E-state index >= 15 is 0 Å². The lowest BCUT2D eigenvalue weighted by Gasteiger charge is -2.12. The summed E-state index contributed by atoms with van der Waals surface area (Å²) in [6.07, 6.45) is 3.57. The third-order valence-electron chi connectivity index (χ3n) is 5.65. The number of benzene rings is 2. The summed E-state index contributed by atoms with van der Waals surface area (Å²) in [6, 6.07) is 30.2. The van der Waals surface area contributed by atoms with Crippen molar-refractivity contribution < 1.29 is 0 Å². The lowest BCUT2D eigenvalue weighted by molar-refractivity contribution is 1.14. The van der Waals surface area contributed by atoms with Gasteiger partial charge in [0, 0.05) is 23.2 Å². The van der Waals surface area contributed by atoms with E-state index in [0.717, 1.165) is 55.7 Å². The van der Waals surface area contributed by atoms with E-state index in [0.29, 0.717) is 0 Å². The van der Waals surface area contributed by atoms with Crippen LogP contribution in [0.4, 0.5) is 0 Å². The average Bonchev–Trinajstić information content (AvgIpc) is 3.20. The highest BCUT2D eigenvalue weighted by Gasteiger charge is 2.16. The van der Waals surface area contributed by atoms with Crippen molar-refractivity contribution in [1.82, 2.24) is 19.5 Å². The third kappa shape index (κ3) is 2.98. The minimum absolute atomic E-state index is 0.765. The normalized spacial score (nSPS) is 11.2. The van der Waals surface area contributed by atoms with Gasteiger partial charge < -0.3 is 4.57 Å². The maximum atomic E-state index is 6.41. The summed E-state index contributed by atoms with van der Waals surface area (Å²) in [5.41, 5.74) is 7.09. The van der Waals surface area contributed by atoms with E-state index in [9.17, 15) is 0 Å². The van der Waals surface area contributed by atoms with Gasteiger partial charge in [0.2, 0.25) is 0 Å². The molecule has 0 N–H and O–H groups in total. The van der Waals surface area contributed by atoms with Gasteiger partial charge in [-0.25, -0.2) is 4.98 Å². The van der Waals surface area contributed by atoms with Gasteiger partial charge in [-0.15, -0.1) is 0 Å². The highest BCUT2D eigenvalue weighted by Crippen LogP contribution is 2.33. The van der Waals surface area contributed by atoms with Crippen LogP contribution in [0.15, 0.2) is 103 Å². The Morgan fingerprint density at radius 2 is 1.22 bits per heavy atom. The van der Waals surface area contributed by atoms with Gasteiger partial charge in [-0.05, 0) is 48.5 Å². The first-order valence-electron chi connectivity index (χ1n) is 10.4. The van der Waals surface area contributed by atoms with E-state index in [1.54, 1.807) is 12.4 Å². The van der Waals surface area contributed by atoms with Gasteiger partial charge in [-0.1, -0.05) is 47.9 Å². The number of rotatable bonds is 3. The van der Waals surface area contributed by atoms with Gasteiger partial charge in [0.05, 0.1) is 39.5 Å². The number of pyridine rings is 3. The number of hydrogen-bond acceptors (Lipinski definition) is 3. The Balaban J connectivity index is 1.71. The predicted octanol–water partition coefficient (Wildman–Crippen LogP) is 5.10. The molecule has 0 amide bonds. The summed E-state index contributed by atoms with van der Waals surface area (Å²) < 4.78 is 2.24. The van der Waals surface area contributed by atoms with E-state index in [1.165, 1.54) is 0 Å². The lowest BCUT2D eigenvalue weighted by atomic mass is 9.91. The molecule has 0 aliphatic heterocycles. The van der Waals surface area contributed by atoms with Crippen LogP contribution < -0.4 is 5.46 Å². The quantitative estimate of drug-likeness (QED) is 0.383. The molecule has 32 heavy (non-hydrogen) atoms. The standard InChI is InChI=1S/C27H17BN4/c28-20-9-7-13-26-27(20)19-8-1-2-12-25(19)32(26)18-16-23(21-10-3-5-14-29-21)31-24(17-18)22-11-4-6-15-30-22/h1-17H. The molecule has 5 heteroatoms. The van der Waals surface area contributed by atoms with E-state index in [-0.39, 0.29) is 0 Å². The first-order valence-corrected chi connectivity index (χ1v) is 10.4. The molecule has 0 fully saturated rings. The second kappa shape index (κ2) is 7.47. The Labute approximate surface area is 186 Å². The zero-order valence-electron chi connectivity index (χ0n) is 17.2. The van der Waals surface area contributed by atoms with E-state index in [1.807, 2.05) is 54.6 Å². The molecule has 0 atom stereocenters. The third-order valence-corrected chi connectivity index (χ3v) is 5.65. The van der Waals surface area contributed by atoms with E-state index in [2.05, 4.69) is 50.9 Å². The number of aromatic nitrogens is 4. The number of hydrogen-bond donors (Lipinski definition) is 0. The average molecular weight is 408 g/mol. The second-order valence-corrected chi connectivity index (χ2v) is 7.62. The topological polar surface area (TPSA) is 43.6 Å². The first-order chi connectivity index (χ1) is 15.8. The summed E-state index contributed by atoms with van der Waals surface area (Å²) in [5, 5.41) is 2.18. The van der Waals surface area contributed by atoms with Crippen LogP contribution in [0.5, 0.6) is 0 Å². The van der Waals surface area contributed by atoms with Crippen LogP contribution in [-0.2, 0) is 0 Å². The molecule has 4 nitrogen and oxygen atoms in total. The van der Waals surface area contributed by atoms with Gasteiger partial charge in [0.15, 0.2) is 0 Å². The van der Waals surface area contributed by atoms with Crippen molar-refractivity contribution in [2.45, 2.75) is 0 Å². The van der Waals surface area contributed by atoms with Gasteiger partial charge in [0.1, 0.15) is 7.85 Å². The van der Waals surface area contributed by atoms with Crippen molar-refractivity contribution >= 4 is 35.1 Å². The molecule has 6 rings (SSSR count). The maximum Gasteiger partial charge on any atom is 0.114 e. The molecule has 0 bridgehead atoms. The van der Waals surface area contributed by atoms with Crippen molar-refractivity contribution in [2.75, 3.05) is 0 Å². The molecule has 0 unspecified atom stereocenters. The SMILES string of the molecule is [B]c1cccc2c1c1ccccc1n2-c1cc(-c2ccccn2)nc(-c2ccccn2)c1. The fourth-order valence-electron chi connectivity index (χ4n) is 4.26. The molecule has 0 saturated carbocycles. The highest BCUT2D eigenvalue weighted by molar-refractivity contribution is 6.41. The van der Waals surface area contributed by atoms with Crippen LogP contribution in [0.3, 0.4) is 0 Å². The summed E-state index contributed by atoms with van der Waals surface area (Å²) in [7, 11) is 6.41. The molecule has 2 aromatic carbocycles. The minimum atomic E-state index is 0.765. The molecular formula is C27H17BN4. The zero-order chi connectivity index (χ0) is 21.5. The highest BCUT2D eigenvalue weighted by atomic mass is 15.0. The van der Waals surface area contributed by atoms with Crippen molar-refractivity contribution in [3.63, 3.8) is 0 Å². The lowest BCUT2D eigenvalue weighted by Crippen LogP contribution is -2.03. The van der Waals surface area contributed by atoms with Gasteiger partial charge in [0.25, 0.3) is 0 Å². The van der Waals surface area contributed by atoms with E-state index in [4.69, 9.17) is 12.8 Å². The zero-order valence-corrected chi connectivity index (χ0v) is 17.2. The van der Waals surface area contributed by atoms with Gasteiger partial charge in [-0.3, -0.25) is 9.97 Å². The molecule has 4 heterocycles. The van der Waals surface area contributed by atoms with Crippen LogP contribution >= 0.6 is 0 Å². The Kier molecular flexibility index (Phi) is 4.32. The number of para-hydroxylation sites is 1. The Morgan fingerprint density at radius 1 is 0.594 bits per heavy atom. The van der Waals surface area contributed by atoms with Crippen LogP contribution in [0.2, 0.25) is 0 Å².